The molecule has 0 heterocycles. The molecule has 6 heteroatoms. The lowest BCUT2D eigenvalue weighted by molar-refractivity contribution is -0.131. The van der Waals surface area contributed by atoms with Crippen molar-refractivity contribution >= 4 is 22.6 Å². The Morgan fingerprint density at radius 3 is 1.64 bits per heavy atom. The number of hydrogen-bond acceptors (Lipinski definition) is 3. The van der Waals surface area contributed by atoms with Crippen molar-refractivity contribution in [2.75, 3.05) is 0 Å². The molecule has 0 saturated heterocycles. The molecule has 0 aromatic heterocycles. The zero-order chi connectivity index (χ0) is 28.5. The van der Waals surface area contributed by atoms with E-state index in [1.54, 1.807) is 6.08 Å². The van der Waals surface area contributed by atoms with Crippen LogP contribution in [0.1, 0.15) is 88.5 Å². The van der Waals surface area contributed by atoms with E-state index in [0.717, 1.165) is 30.4 Å². The van der Waals surface area contributed by atoms with E-state index in [9.17, 15) is 4.79 Å². The number of carbonyl (C=O) groups is 1. The molecule has 1 N–H and O–H groups in total. The first-order chi connectivity index (χ1) is 16.1. The van der Waals surface area contributed by atoms with E-state index in [4.69, 9.17) is 14.0 Å². The molecule has 0 aromatic rings. The lowest BCUT2D eigenvalue weighted by Crippen LogP contribution is -2.47. The van der Waals surface area contributed by atoms with Gasteiger partial charge >= 0.3 is 5.97 Å². The number of hydrogen-bond donors (Lipinski definition) is 1. The second-order valence-corrected chi connectivity index (χ2v) is 22.8. The predicted octanol–water partition coefficient (Wildman–Crippen LogP) is 9.44. The zero-order valence-electron chi connectivity index (χ0n) is 25.8. The average Bonchev–Trinajstić information content (AvgIpc) is 2.67. The standard InChI is InChI=1S/C30H56O4Si2/c1-15-26(33-35(11,12)29(5,6)7)22-27(34-36(13,14)30(8,9)10)18-16-23(2)20-25(4)21-24(3)17-19-28(31)32/h16-17,19-21,26-27H,15,18,22H2,1-14H3,(H,31,32)/b19-17+,23-16+,24-21-,25-20+/t26-,27+/m0/s1. The van der Waals surface area contributed by atoms with Crippen LogP contribution in [0.25, 0.3) is 0 Å². The molecular formula is C30H56O4Si2. The van der Waals surface area contributed by atoms with E-state index in [0.29, 0.717) is 0 Å². The number of carboxylic acids is 1. The van der Waals surface area contributed by atoms with Gasteiger partial charge in [0.25, 0.3) is 0 Å². The first kappa shape index (κ1) is 34.8. The van der Waals surface area contributed by atoms with Crippen molar-refractivity contribution in [1.29, 1.82) is 0 Å². The highest BCUT2D eigenvalue weighted by molar-refractivity contribution is 6.74. The van der Waals surface area contributed by atoms with E-state index in [2.05, 4.69) is 93.7 Å². The summed E-state index contributed by atoms with van der Waals surface area (Å²) in [6.45, 7) is 31.4. The summed E-state index contributed by atoms with van der Waals surface area (Å²) < 4.78 is 13.8. The molecule has 0 radical (unpaired) electrons. The maximum atomic E-state index is 10.7. The minimum Gasteiger partial charge on any atom is -0.478 e. The Balaban J connectivity index is 5.83. The number of allylic oxidation sites excluding steroid dienone is 6. The fourth-order valence-corrected chi connectivity index (χ4v) is 6.19. The van der Waals surface area contributed by atoms with Gasteiger partial charge in [-0.1, -0.05) is 89.5 Å². The Morgan fingerprint density at radius 2 is 1.22 bits per heavy atom. The molecule has 0 aliphatic rings. The van der Waals surface area contributed by atoms with Gasteiger partial charge in [-0.2, -0.15) is 0 Å². The summed E-state index contributed by atoms with van der Waals surface area (Å²) in [7, 11) is -3.81. The van der Waals surface area contributed by atoms with E-state index in [-0.39, 0.29) is 22.3 Å². The first-order valence-corrected chi connectivity index (χ1v) is 19.2. The Hall–Kier alpha value is -1.22. The Bertz CT molecular complexity index is 834. The summed E-state index contributed by atoms with van der Waals surface area (Å²) in [6.07, 6.45) is 12.2. The van der Waals surface area contributed by atoms with Crippen LogP contribution in [0.5, 0.6) is 0 Å². The van der Waals surface area contributed by atoms with Gasteiger partial charge < -0.3 is 14.0 Å². The lowest BCUT2D eigenvalue weighted by atomic mass is 10.0. The summed E-state index contributed by atoms with van der Waals surface area (Å²) in [5.74, 6) is -0.934. The van der Waals surface area contributed by atoms with Gasteiger partial charge in [0, 0.05) is 12.2 Å². The molecule has 4 nitrogen and oxygen atoms in total. The van der Waals surface area contributed by atoms with Crippen LogP contribution < -0.4 is 0 Å². The zero-order valence-corrected chi connectivity index (χ0v) is 27.8. The van der Waals surface area contributed by atoms with Crippen LogP contribution in [0.2, 0.25) is 36.3 Å². The SMILES string of the molecule is CC[C@@H](C[C@@H](C/C=C(C)/C=C(C)/C=C(C)\C=C\C(=O)O)O[Si](C)(C)C(C)(C)C)O[Si](C)(C)C(C)(C)C. The minimum atomic E-state index is -1.94. The van der Waals surface area contributed by atoms with Crippen molar-refractivity contribution in [2.24, 2.45) is 0 Å². The molecular weight excluding hydrogens is 480 g/mol. The normalized spacial score (nSPS) is 17.0. The summed E-state index contributed by atoms with van der Waals surface area (Å²) in [4.78, 5) is 10.7. The van der Waals surface area contributed by atoms with Crippen molar-refractivity contribution < 1.29 is 18.8 Å². The van der Waals surface area contributed by atoms with Crippen molar-refractivity contribution in [2.45, 2.75) is 137 Å². The quantitative estimate of drug-likeness (QED) is 0.145. The Labute approximate surface area is 225 Å². The monoisotopic (exact) mass is 536 g/mol. The third-order valence-corrected chi connectivity index (χ3v) is 16.7. The molecule has 0 amide bonds. The topological polar surface area (TPSA) is 55.8 Å². The molecule has 2 atom stereocenters. The third-order valence-electron chi connectivity index (χ3n) is 7.62. The molecule has 0 rings (SSSR count). The molecule has 0 bridgehead atoms. The van der Waals surface area contributed by atoms with Crippen LogP contribution in [-0.2, 0) is 13.6 Å². The molecule has 0 aromatic carbocycles. The van der Waals surface area contributed by atoms with Crippen LogP contribution in [0.15, 0.2) is 47.1 Å². The van der Waals surface area contributed by atoms with Crippen molar-refractivity contribution in [3.8, 4) is 0 Å². The second kappa shape index (κ2) is 14.1. The smallest absolute Gasteiger partial charge is 0.328 e. The summed E-state index contributed by atoms with van der Waals surface area (Å²) >= 11 is 0. The largest absolute Gasteiger partial charge is 0.478 e. The Kier molecular flexibility index (Phi) is 13.6. The van der Waals surface area contributed by atoms with Crippen molar-refractivity contribution in [1.82, 2.24) is 0 Å². The molecule has 0 aliphatic heterocycles. The van der Waals surface area contributed by atoms with Crippen LogP contribution >= 0.6 is 0 Å². The van der Waals surface area contributed by atoms with Gasteiger partial charge in [0.05, 0.1) is 6.10 Å². The van der Waals surface area contributed by atoms with Gasteiger partial charge in [0.1, 0.15) is 0 Å². The summed E-state index contributed by atoms with van der Waals surface area (Å²) in [5.41, 5.74) is 3.18. The fourth-order valence-electron chi connectivity index (χ4n) is 3.36. The highest BCUT2D eigenvalue weighted by Gasteiger charge is 2.41. The Morgan fingerprint density at radius 1 is 0.778 bits per heavy atom. The van der Waals surface area contributed by atoms with Gasteiger partial charge in [-0.3, -0.25) is 0 Å². The average molecular weight is 537 g/mol. The lowest BCUT2D eigenvalue weighted by Gasteiger charge is -2.42. The van der Waals surface area contributed by atoms with Crippen molar-refractivity contribution in [3.05, 3.63) is 47.1 Å². The summed E-state index contributed by atoms with van der Waals surface area (Å²) in [5, 5.41) is 9.15. The van der Waals surface area contributed by atoms with Crippen molar-refractivity contribution in [3.63, 3.8) is 0 Å². The molecule has 0 unspecified atom stereocenters. The van der Waals surface area contributed by atoms with Gasteiger partial charge in [0.15, 0.2) is 16.6 Å². The summed E-state index contributed by atoms with van der Waals surface area (Å²) in [6, 6.07) is 0. The number of aliphatic carboxylic acids is 1. The first-order valence-electron chi connectivity index (χ1n) is 13.4. The van der Waals surface area contributed by atoms with Crippen LogP contribution in [0.3, 0.4) is 0 Å². The second-order valence-electron chi connectivity index (χ2n) is 13.3. The molecule has 0 saturated carbocycles. The van der Waals surface area contributed by atoms with Crippen LogP contribution in [0.4, 0.5) is 0 Å². The predicted molar refractivity (Wildman–Crippen MR) is 162 cm³/mol. The highest BCUT2D eigenvalue weighted by Crippen LogP contribution is 2.40. The van der Waals surface area contributed by atoms with Gasteiger partial charge in [-0.25, -0.2) is 4.79 Å². The maximum absolute atomic E-state index is 10.7. The third kappa shape index (κ3) is 12.8. The molecule has 0 fully saturated rings. The number of rotatable bonds is 13. The van der Waals surface area contributed by atoms with Gasteiger partial charge in [0.2, 0.25) is 0 Å². The fraction of sp³-hybridized carbons (Fsp3) is 0.700. The molecule has 208 valence electrons. The maximum Gasteiger partial charge on any atom is 0.328 e. The van der Waals surface area contributed by atoms with E-state index in [1.807, 2.05) is 19.9 Å². The van der Waals surface area contributed by atoms with Crippen LogP contribution in [0, 0.1) is 0 Å². The highest BCUT2D eigenvalue weighted by atomic mass is 28.4. The van der Waals surface area contributed by atoms with Gasteiger partial charge in [-0.15, -0.1) is 0 Å². The number of carboxylic acid groups (broad SMARTS) is 1. The van der Waals surface area contributed by atoms with E-state index < -0.39 is 22.6 Å². The van der Waals surface area contributed by atoms with Gasteiger partial charge in [-0.05, 0) is 76.3 Å². The molecule has 36 heavy (non-hydrogen) atoms. The van der Waals surface area contributed by atoms with E-state index >= 15 is 0 Å². The molecule has 0 spiro atoms. The molecule has 0 aliphatic carbocycles. The van der Waals surface area contributed by atoms with Crippen LogP contribution in [-0.4, -0.2) is 39.9 Å². The minimum absolute atomic E-state index is 0.111. The van der Waals surface area contributed by atoms with E-state index in [1.165, 1.54) is 11.6 Å².